The molecular weight excluding hydrogens is 152 g/mol. The van der Waals surface area contributed by atoms with E-state index in [9.17, 15) is 4.79 Å². The fourth-order valence-corrected chi connectivity index (χ4v) is 0.834. The van der Waals surface area contributed by atoms with Crippen molar-refractivity contribution in [3.63, 3.8) is 0 Å². The summed E-state index contributed by atoms with van der Waals surface area (Å²) in [6, 6.07) is 0. The lowest BCUT2D eigenvalue weighted by molar-refractivity contribution is -0.137. The molecule has 0 aliphatic heterocycles. The Kier molecular flexibility index (Phi) is 4.64. The Hall–Kier alpha value is -0.790. The second-order valence-corrected chi connectivity index (χ2v) is 4.04. The minimum Gasteiger partial charge on any atom is -0.463 e. The second kappa shape index (κ2) is 4.96. The summed E-state index contributed by atoms with van der Waals surface area (Å²) in [5.74, 6) is -0.330. The number of rotatable bonds is 4. The number of carbonyl (C=O) groups excluding carboxylic acids is 1. The van der Waals surface area contributed by atoms with Gasteiger partial charge in [0.1, 0.15) is 0 Å². The third kappa shape index (κ3) is 7.32. The van der Waals surface area contributed by atoms with Crippen molar-refractivity contribution in [2.24, 2.45) is 5.41 Å². The van der Waals surface area contributed by atoms with Crippen molar-refractivity contribution in [3.8, 4) is 0 Å². The summed E-state index contributed by atoms with van der Waals surface area (Å²) in [5, 5.41) is 0. The van der Waals surface area contributed by atoms with Gasteiger partial charge < -0.3 is 4.74 Å². The molecule has 0 atom stereocenters. The molecule has 2 heteroatoms. The molecule has 0 unspecified atom stereocenters. The summed E-state index contributed by atoms with van der Waals surface area (Å²) >= 11 is 0. The van der Waals surface area contributed by atoms with Crippen molar-refractivity contribution >= 4 is 5.97 Å². The molecule has 0 spiro atoms. The van der Waals surface area contributed by atoms with Gasteiger partial charge in [-0.2, -0.15) is 0 Å². The lowest BCUT2D eigenvalue weighted by atomic mass is 9.91. The van der Waals surface area contributed by atoms with Gasteiger partial charge in [-0.15, -0.1) is 0 Å². The lowest BCUT2D eigenvalue weighted by Gasteiger charge is -2.17. The molecule has 12 heavy (non-hydrogen) atoms. The van der Waals surface area contributed by atoms with E-state index in [1.54, 1.807) is 0 Å². The first kappa shape index (κ1) is 11.2. The molecule has 70 valence electrons. The molecule has 0 saturated heterocycles. The molecule has 0 aromatic rings. The fourth-order valence-electron chi connectivity index (χ4n) is 0.834. The summed E-state index contributed by atoms with van der Waals surface area (Å²) in [6.07, 6.45) is 3.18. The molecule has 0 radical (unpaired) electrons. The molecular formula is C10H18O2. The van der Waals surface area contributed by atoms with E-state index in [1.165, 1.54) is 6.08 Å². The predicted molar refractivity (Wildman–Crippen MR) is 49.8 cm³/mol. The number of hydrogen-bond donors (Lipinski definition) is 0. The van der Waals surface area contributed by atoms with Crippen molar-refractivity contribution in [2.45, 2.75) is 33.6 Å². The van der Waals surface area contributed by atoms with E-state index in [4.69, 9.17) is 4.74 Å². The van der Waals surface area contributed by atoms with Crippen molar-refractivity contribution in [2.75, 3.05) is 6.61 Å². The Morgan fingerprint density at radius 3 is 2.50 bits per heavy atom. The maximum absolute atomic E-state index is 10.6. The number of hydrogen-bond acceptors (Lipinski definition) is 2. The Balaban J connectivity index is 3.34. The quantitative estimate of drug-likeness (QED) is 0.368. The van der Waals surface area contributed by atoms with E-state index in [2.05, 4.69) is 27.4 Å². The zero-order valence-corrected chi connectivity index (χ0v) is 8.22. The van der Waals surface area contributed by atoms with Gasteiger partial charge >= 0.3 is 5.97 Å². The topological polar surface area (TPSA) is 26.3 Å². The number of esters is 1. The molecule has 0 heterocycles. The minimum absolute atomic E-state index is 0.320. The highest BCUT2D eigenvalue weighted by Gasteiger charge is 2.09. The van der Waals surface area contributed by atoms with Crippen LogP contribution < -0.4 is 0 Å². The smallest absolute Gasteiger partial charge is 0.330 e. The Labute approximate surface area is 74.6 Å². The molecule has 0 aliphatic carbocycles. The lowest BCUT2D eigenvalue weighted by Crippen LogP contribution is -2.08. The monoisotopic (exact) mass is 170 g/mol. The molecule has 0 aromatic heterocycles. The fraction of sp³-hybridized carbons (Fsp3) is 0.700. The predicted octanol–water partition coefficient (Wildman–Crippen LogP) is 2.54. The van der Waals surface area contributed by atoms with Crippen LogP contribution in [0.3, 0.4) is 0 Å². The number of ether oxygens (including phenoxy) is 1. The molecule has 2 nitrogen and oxygen atoms in total. The maximum Gasteiger partial charge on any atom is 0.330 e. The molecule has 0 aliphatic rings. The van der Waals surface area contributed by atoms with Gasteiger partial charge in [0.15, 0.2) is 0 Å². The minimum atomic E-state index is -0.330. The molecule has 0 fully saturated rings. The summed E-state index contributed by atoms with van der Waals surface area (Å²) in [7, 11) is 0. The van der Waals surface area contributed by atoms with Gasteiger partial charge in [-0.3, -0.25) is 0 Å². The van der Waals surface area contributed by atoms with Crippen LogP contribution in [0.15, 0.2) is 12.7 Å². The van der Waals surface area contributed by atoms with Crippen LogP contribution in [0.2, 0.25) is 0 Å². The first-order valence-electron chi connectivity index (χ1n) is 4.25. The Morgan fingerprint density at radius 1 is 1.50 bits per heavy atom. The van der Waals surface area contributed by atoms with Crippen molar-refractivity contribution in [3.05, 3.63) is 12.7 Å². The average Bonchev–Trinajstić information content (AvgIpc) is 1.96. The van der Waals surface area contributed by atoms with Crippen LogP contribution in [0.5, 0.6) is 0 Å². The average molecular weight is 170 g/mol. The first-order valence-corrected chi connectivity index (χ1v) is 4.25. The summed E-state index contributed by atoms with van der Waals surface area (Å²) in [5.41, 5.74) is 0.320. The highest BCUT2D eigenvalue weighted by atomic mass is 16.5. The number of carbonyl (C=O) groups is 1. The summed E-state index contributed by atoms with van der Waals surface area (Å²) in [6.45, 7) is 10.3. The maximum atomic E-state index is 10.6. The van der Waals surface area contributed by atoms with Gasteiger partial charge in [0.25, 0.3) is 0 Å². The van der Waals surface area contributed by atoms with Gasteiger partial charge in [0, 0.05) is 6.08 Å². The zero-order chi connectivity index (χ0) is 9.61. The van der Waals surface area contributed by atoms with Crippen LogP contribution in [0.25, 0.3) is 0 Å². The van der Waals surface area contributed by atoms with Gasteiger partial charge in [0.2, 0.25) is 0 Å². The summed E-state index contributed by atoms with van der Waals surface area (Å²) in [4.78, 5) is 10.6. The highest BCUT2D eigenvalue weighted by Crippen LogP contribution is 2.20. The largest absolute Gasteiger partial charge is 0.463 e. The van der Waals surface area contributed by atoms with Crippen LogP contribution in [0.1, 0.15) is 33.6 Å². The Bertz CT molecular complexity index is 154. The van der Waals surface area contributed by atoms with E-state index in [-0.39, 0.29) is 5.97 Å². The van der Waals surface area contributed by atoms with E-state index in [1.807, 2.05) is 0 Å². The standard InChI is InChI=1S/C10H18O2/c1-5-9(11)12-8-6-7-10(2,3)4/h5H,1,6-8H2,2-4H3. The molecule has 0 saturated carbocycles. The van der Waals surface area contributed by atoms with Crippen molar-refractivity contribution < 1.29 is 9.53 Å². The molecule has 0 bridgehead atoms. The van der Waals surface area contributed by atoms with Gasteiger partial charge in [-0.05, 0) is 18.3 Å². The third-order valence-corrected chi connectivity index (χ3v) is 1.48. The van der Waals surface area contributed by atoms with Crippen LogP contribution in [-0.4, -0.2) is 12.6 Å². The van der Waals surface area contributed by atoms with Gasteiger partial charge in [-0.25, -0.2) is 4.79 Å². The van der Waals surface area contributed by atoms with Crippen molar-refractivity contribution in [1.29, 1.82) is 0 Å². The van der Waals surface area contributed by atoms with E-state index < -0.39 is 0 Å². The molecule has 0 aromatic carbocycles. The van der Waals surface area contributed by atoms with E-state index >= 15 is 0 Å². The van der Waals surface area contributed by atoms with E-state index in [0.29, 0.717) is 12.0 Å². The van der Waals surface area contributed by atoms with Crippen LogP contribution in [0.4, 0.5) is 0 Å². The van der Waals surface area contributed by atoms with Crippen LogP contribution >= 0.6 is 0 Å². The SMILES string of the molecule is C=CC(=O)OCCCC(C)(C)C. The highest BCUT2D eigenvalue weighted by molar-refractivity contribution is 5.81. The van der Waals surface area contributed by atoms with Gasteiger partial charge in [0.05, 0.1) is 6.61 Å². The van der Waals surface area contributed by atoms with E-state index in [0.717, 1.165) is 12.8 Å². The van der Waals surface area contributed by atoms with Crippen LogP contribution in [-0.2, 0) is 9.53 Å². The van der Waals surface area contributed by atoms with Crippen LogP contribution in [0, 0.1) is 5.41 Å². The first-order chi connectivity index (χ1) is 5.45. The Morgan fingerprint density at radius 2 is 2.08 bits per heavy atom. The van der Waals surface area contributed by atoms with Crippen molar-refractivity contribution in [1.82, 2.24) is 0 Å². The molecule has 0 amide bonds. The normalized spacial score (nSPS) is 10.9. The zero-order valence-electron chi connectivity index (χ0n) is 8.22. The molecule has 0 rings (SSSR count). The summed E-state index contributed by atoms with van der Waals surface area (Å²) < 4.78 is 4.83. The van der Waals surface area contributed by atoms with Gasteiger partial charge in [-0.1, -0.05) is 27.4 Å². The second-order valence-electron chi connectivity index (χ2n) is 4.04. The third-order valence-electron chi connectivity index (χ3n) is 1.48. The molecule has 0 N–H and O–H groups in total.